The van der Waals surface area contributed by atoms with Gasteiger partial charge in [0.1, 0.15) is 11.6 Å². The molecule has 1 heterocycles. The Kier molecular flexibility index (Phi) is 5.46. The average Bonchev–Trinajstić information content (AvgIpc) is 3.30. The lowest BCUT2D eigenvalue weighted by Gasteiger charge is -2.22. The first-order chi connectivity index (χ1) is 13.4. The largest absolute Gasteiger partial charge is 0.311 e. The Morgan fingerprint density at radius 2 is 2.04 bits per heavy atom. The van der Waals surface area contributed by atoms with Crippen LogP contribution in [0.15, 0.2) is 24.3 Å². The number of hydrogen-bond acceptors (Lipinski definition) is 2. The number of amides is 1. The van der Waals surface area contributed by atoms with Crippen molar-refractivity contribution < 1.29 is 9.18 Å². The van der Waals surface area contributed by atoms with E-state index in [0.29, 0.717) is 11.5 Å². The van der Waals surface area contributed by atoms with Gasteiger partial charge in [-0.3, -0.25) is 4.79 Å². The molecule has 2 fully saturated rings. The minimum absolute atomic E-state index is 0.0385. The third-order valence-corrected chi connectivity index (χ3v) is 6.46. The van der Waals surface area contributed by atoms with E-state index < -0.39 is 5.82 Å². The zero-order chi connectivity index (χ0) is 19.7. The van der Waals surface area contributed by atoms with Crippen molar-refractivity contribution in [2.24, 2.45) is 5.92 Å². The SMILES string of the molecule is CC1(c2cc(NC(=O)Cc3ccc(F)c(Cl)c3)n(CC3CCCCC3)n2)CC1. The minimum atomic E-state index is -0.473. The van der Waals surface area contributed by atoms with Crippen molar-refractivity contribution in [3.05, 3.63) is 46.4 Å². The predicted octanol–water partition coefficient (Wildman–Crippen LogP) is 5.49. The van der Waals surface area contributed by atoms with Crippen LogP contribution in [0.2, 0.25) is 5.02 Å². The Bertz CT molecular complexity index is 869. The number of benzene rings is 1. The summed E-state index contributed by atoms with van der Waals surface area (Å²) in [6.07, 6.45) is 8.79. The standard InChI is InChI=1S/C22H27ClFN3O/c1-22(9-10-22)19-13-20(27(26-19)14-15-5-3-2-4-6-15)25-21(28)12-16-7-8-18(24)17(23)11-16/h7-8,11,13,15H,2-6,9-10,12,14H2,1H3,(H,25,28). The highest BCUT2D eigenvalue weighted by molar-refractivity contribution is 6.30. The van der Waals surface area contributed by atoms with Crippen LogP contribution >= 0.6 is 11.6 Å². The molecule has 0 aliphatic heterocycles. The second-order valence-electron chi connectivity index (χ2n) is 8.64. The van der Waals surface area contributed by atoms with Gasteiger partial charge in [0.2, 0.25) is 5.91 Å². The lowest BCUT2D eigenvalue weighted by atomic mass is 9.89. The highest BCUT2D eigenvalue weighted by Crippen LogP contribution is 2.47. The third kappa shape index (κ3) is 4.40. The number of hydrogen-bond donors (Lipinski definition) is 1. The van der Waals surface area contributed by atoms with Gasteiger partial charge in [-0.15, -0.1) is 0 Å². The van der Waals surface area contributed by atoms with Crippen LogP contribution in [0, 0.1) is 11.7 Å². The predicted molar refractivity (Wildman–Crippen MR) is 109 cm³/mol. The van der Waals surface area contributed by atoms with E-state index in [1.54, 1.807) is 6.07 Å². The van der Waals surface area contributed by atoms with E-state index in [1.807, 2.05) is 10.7 Å². The summed E-state index contributed by atoms with van der Waals surface area (Å²) < 4.78 is 15.3. The molecule has 2 aromatic rings. The van der Waals surface area contributed by atoms with E-state index in [1.165, 1.54) is 44.2 Å². The number of rotatable bonds is 6. The fourth-order valence-corrected chi connectivity index (χ4v) is 4.23. The van der Waals surface area contributed by atoms with E-state index >= 15 is 0 Å². The topological polar surface area (TPSA) is 46.9 Å². The molecule has 0 bridgehead atoms. The number of halogens is 2. The van der Waals surface area contributed by atoms with Gasteiger partial charge < -0.3 is 5.32 Å². The van der Waals surface area contributed by atoms with Gasteiger partial charge >= 0.3 is 0 Å². The summed E-state index contributed by atoms with van der Waals surface area (Å²) in [4.78, 5) is 12.6. The van der Waals surface area contributed by atoms with Crippen LogP contribution in [-0.2, 0) is 23.2 Å². The molecule has 6 heteroatoms. The first kappa shape index (κ1) is 19.4. The Morgan fingerprint density at radius 1 is 1.29 bits per heavy atom. The van der Waals surface area contributed by atoms with E-state index in [9.17, 15) is 9.18 Å². The normalized spacial score (nSPS) is 18.8. The van der Waals surface area contributed by atoms with Gasteiger partial charge in [-0.2, -0.15) is 5.10 Å². The maximum absolute atomic E-state index is 13.3. The molecule has 4 rings (SSSR count). The Hall–Kier alpha value is -1.88. The zero-order valence-electron chi connectivity index (χ0n) is 16.3. The first-order valence-corrected chi connectivity index (χ1v) is 10.6. The second-order valence-corrected chi connectivity index (χ2v) is 9.04. The summed E-state index contributed by atoms with van der Waals surface area (Å²) in [5.41, 5.74) is 1.92. The third-order valence-electron chi connectivity index (χ3n) is 6.17. The maximum Gasteiger partial charge on any atom is 0.229 e. The highest BCUT2D eigenvalue weighted by Gasteiger charge is 2.42. The van der Waals surface area contributed by atoms with E-state index in [4.69, 9.17) is 16.7 Å². The smallest absolute Gasteiger partial charge is 0.229 e. The second kappa shape index (κ2) is 7.86. The maximum atomic E-state index is 13.3. The number of carbonyl (C=O) groups is 1. The van der Waals surface area contributed by atoms with Crippen molar-refractivity contribution in [3.63, 3.8) is 0 Å². The van der Waals surface area contributed by atoms with Gasteiger partial charge in [0.05, 0.1) is 17.1 Å². The van der Waals surface area contributed by atoms with Crippen LogP contribution in [0.25, 0.3) is 0 Å². The molecule has 2 aliphatic carbocycles. The van der Waals surface area contributed by atoms with Gasteiger partial charge in [0.25, 0.3) is 0 Å². The average molecular weight is 404 g/mol. The quantitative estimate of drug-likeness (QED) is 0.693. The van der Waals surface area contributed by atoms with Gasteiger partial charge in [0.15, 0.2) is 0 Å². The monoisotopic (exact) mass is 403 g/mol. The lowest BCUT2D eigenvalue weighted by Crippen LogP contribution is -2.21. The fourth-order valence-electron chi connectivity index (χ4n) is 4.03. The molecule has 28 heavy (non-hydrogen) atoms. The van der Waals surface area contributed by atoms with Crippen molar-refractivity contribution in [1.29, 1.82) is 0 Å². The molecule has 0 saturated heterocycles. The molecule has 1 aromatic carbocycles. The Balaban J connectivity index is 1.49. The first-order valence-electron chi connectivity index (χ1n) is 10.2. The molecule has 1 N–H and O–H groups in total. The van der Waals surface area contributed by atoms with Crippen LogP contribution in [-0.4, -0.2) is 15.7 Å². The molecule has 2 saturated carbocycles. The minimum Gasteiger partial charge on any atom is -0.311 e. The van der Waals surface area contributed by atoms with Crippen LogP contribution in [0.4, 0.5) is 10.2 Å². The van der Waals surface area contributed by atoms with Crippen molar-refractivity contribution in [2.75, 3.05) is 5.32 Å². The van der Waals surface area contributed by atoms with Gasteiger partial charge in [-0.1, -0.05) is 43.9 Å². The molecule has 0 unspecified atom stereocenters. The number of nitrogens with one attached hydrogen (secondary N) is 1. The summed E-state index contributed by atoms with van der Waals surface area (Å²) in [6.45, 7) is 3.08. The van der Waals surface area contributed by atoms with E-state index in [0.717, 1.165) is 30.9 Å². The summed E-state index contributed by atoms with van der Waals surface area (Å²) in [5.74, 6) is 0.783. The van der Waals surface area contributed by atoms with Crippen LogP contribution < -0.4 is 5.32 Å². The summed E-state index contributed by atoms with van der Waals surface area (Å²) >= 11 is 5.83. The van der Waals surface area contributed by atoms with Crippen molar-refractivity contribution in [2.45, 2.75) is 70.3 Å². The van der Waals surface area contributed by atoms with Crippen molar-refractivity contribution in [1.82, 2.24) is 9.78 Å². The van der Waals surface area contributed by atoms with Gasteiger partial charge in [-0.25, -0.2) is 9.07 Å². The van der Waals surface area contributed by atoms with E-state index in [-0.39, 0.29) is 22.8 Å². The zero-order valence-corrected chi connectivity index (χ0v) is 17.1. The van der Waals surface area contributed by atoms with Gasteiger partial charge in [0, 0.05) is 18.0 Å². The Morgan fingerprint density at radius 3 is 2.71 bits per heavy atom. The van der Waals surface area contributed by atoms with Crippen LogP contribution in [0.3, 0.4) is 0 Å². The number of anilines is 1. The fraction of sp³-hybridized carbons (Fsp3) is 0.545. The summed E-state index contributed by atoms with van der Waals surface area (Å²) in [5, 5.41) is 7.92. The number of aromatic nitrogens is 2. The highest BCUT2D eigenvalue weighted by atomic mass is 35.5. The molecule has 0 spiro atoms. The molecule has 150 valence electrons. The Labute approximate surface area is 170 Å². The van der Waals surface area contributed by atoms with Crippen molar-refractivity contribution in [3.8, 4) is 0 Å². The molecule has 2 aliphatic rings. The molecule has 0 radical (unpaired) electrons. The van der Waals surface area contributed by atoms with Crippen LogP contribution in [0.5, 0.6) is 0 Å². The molecular weight excluding hydrogens is 377 g/mol. The molecule has 1 aromatic heterocycles. The lowest BCUT2D eigenvalue weighted by molar-refractivity contribution is -0.115. The number of carbonyl (C=O) groups excluding carboxylic acids is 1. The summed E-state index contributed by atoms with van der Waals surface area (Å²) in [7, 11) is 0. The van der Waals surface area contributed by atoms with E-state index in [2.05, 4.69) is 12.2 Å². The van der Waals surface area contributed by atoms with Crippen LogP contribution in [0.1, 0.15) is 63.1 Å². The summed E-state index contributed by atoms with van der Waals surface area (Å²) in [6, 6.07) is 6.43. The number of nitrogens with zero attached hydrogens (tertiary/aromatic N) is 2. The van der Waals surface area contributed by atoms with Gasteiger partial charge in [-0.05, 0) is 49.3 Å². The molecule has 1 amide bonds. The molecular formula is C22H27ClFN3O. The van der Waals surface area contributed by atoms with Crippen molar-refractivity contribution >= 4 is 23.3 Å². The molecule has 0 atom stereocenters. The molecule has 4 nitrogen and oxygen atoms in total.